The van der Waals surface area contributed by atoms with Gasteiger partial charge in [-0.2, -0.15) is 0 Å². The summed E-state index contributed by atoms with van der Waals surface area (Å²) >= 11 is 0. The molecule has 0 radical (unpaired) electrons. The Kier molecular flexibility index (Phi) is 2.51. The van der Waals surface area contributed by atoms with Crippen LogP contribution in [-0.4, -0.2) is 38.3 Å². The monoisotopic (exact) mass is 223 g/mol. The van der Waals surface area contributed by atoms with Crippen molar-refractivity contribution in [1.82, 2.24) is 9.97 Å². The first-order chi connectivity index (χ1) is 7.56. The number of carboxylic acid groups (broad SMARTS) is 1. The van der Waals surface area contributed by atoms with Crippen LogP contribution in [0.3, 0.4) is 0 Å². The largest absolute Gasteiger partial charge is 0.476 e. The molecule has 1 saturated carbocycles. The Morgan fingerprint density at radius 3 is 2.75 bits per heavy atom. The SMILES string of the molecule is Cc1nc(NC2(CO)CC2)cnc1C(=O)O. The maximum absolute atomic E-state index is 10.7. The van der Waals surface area contributed by atoms with E-state index < -0.39 is 5.97 Å². The van der Waals surface area contributed by atoms with E-state index in [4.69, 9.17) is 10.2 Å². The molecular formula is C10H13N3O3. The van der Waals surface area contributed by atoms with Crippen molar-refractivity contribution in [3.63, 3.8) is 0 Å². The summed E-state index contributed by atoms with van der Waals surface area (Å²) in [6.45, 7) is 1.65. The van der Waals surface area contributed by atoms with E-state index in [1.807, 2.05) is 0 Å². The topological polar surface area (TPSA) is 95.3 Å². The summed E-state index contributed by atoms with van der Waals surface area (Å²) < 4.78 is 0. The lowest BCUT2D eigenvalue weighted by Gasteiger charge is -2.15. The number of hydrogen-bond acceptors (Lipinski definition) is 5. The van der Waals surface area contributed by atoms with Crippen molar-refractivity contribution in [3.05, 3.63) is 17.6 Å². The highest BCUT2D eigenvalue weighted by atomic mass is 16.4. The number of aliphatic hydroxyl groups excluding tert-OH is 1. The van der Waals surface area contributed by atoms with Crippen LogP contribution in [0, 0.1) is 6.92 Å². The van der Waals surface area contributed by atoms with Gasteiger partial charge in [-0.15, -0.1) is 0 Å². The minimum Gasteiger partial charge on any atom is -0.476 e. The summed E-state index contributed by atoms with van der Waals surface area (Å²) in [6, 6.07) is 0. The van der Waals surface area contributed by atoms with Gasteiger partial charge in [-0.25, -0.2) is 14.8 Å². The molecule has 1 heterocycles. The number of aromatic carboxylic acids is 1. The van der Waals surface area contributed by atoms with Gasteiger partial charge in [0.1, 0.15) is 5.82 Å². The summed E-state index contributed by atoms with van der Waals surface area (Å²) in [4.78, 5) is 18.6. The van der Waals surface area contributed by atoms with Gasteiger partial charge in [0.05, 0.1) is 24.0 Å². The number of nitrogens with zero attached hydrogens (tertiary/aromatic N) is 2. The zero-order valence-corrected chi connectivity index (χ0v) is 8.90. The third-order valence-electron chi connectivity index (χ3n) is 2.70. The quantitative estimate of drug-likeness (QED) is 0.684. The number of aliphatic hydroxyl groups is 1. The molecule has 0 aliphatic heterocycles. The van der Waals surface area contributed by atoms with Crippen LogP contribution in [0.4, 0.5) is 5.82 Å². The highest BCUT2D eigenvalue weighted by molar-refractivity contribution is 5.86. The van der Waals surface area contributed by atoms with Gasteiger partial charge in [0.15, 0.2) is 5.69 Å². The molecule has 1 fully saturated rings. The lowest BCUT2D eigenvalue weighted by Crippen LogP contribution is -2.26. The first kappa shape index (κ1) is 10.8. The third kappa shape index (κ3) is 1.96. The lowest BCUT2D eigenvalue weighted by atomic mass is 10.3. The zero-order chi connectivity index (χ0) is 11.8. The van der Waals surface area contributed by atoms with E-state index in [2.05, 4.69) is 15.3 Å². The van der Waals surface area contributed by atoms with Gasteiger partial charge in [0.25, 0.3) is 0 Å². The van der Waals surface area contributed by atoms with Crippen molar-refractivity contribution in [2.75, 3.05) is 11.9 Å². The van der Waals surface area contributed by atoms with Gasteiger partial charge in [0.2, 0.25) is 0 Å². The Morgan fingerprint density at radius 1 is 1.62 bits per heavy atom. The molecule has 6 nitrogen and oxygen atoms in total. The predicted octanol–water partition coefficient (Wildman–Crippen LogP) is 0.420. The lowest BCUT2D eigenvalue weighted by molar-refractivity contribution is 0.0689. The molecule has 1 aliphatic rings. The fourth-order valence-corrected chi connectivity index (χ4v) is 1.50. The number of nitrogens with one attached hydrogen (secondary N) is 1. The van der Waals surface area contributed by atoms with E-state index in [0.29, 0.717) is 11.5 Å². The fraction of sp³-hybridized carbons (Fsp3) is 0.500. The average Bonchev–Trinajstić information content (AvgIpc) is 2.98. The van der Waals surface area contributed by atoms with Gasteiger partial charge in [0, 0.05) is 0 Å². The van der Waals surface area contributed by atoms with Crippen molar-refractivity contribution in [2.24, 2.45) is 0 Å². The molecule has 0 amide bonds. The van der Waals surface area contributed by atoms with Gasteiger partial charge in [-0.3, -0.25) is 0 Å². The predicted molar refractivity (Wildman–Crippen MR) is 56.4 cm³/mol. The van der Waals surface area contributed by atoms with Crippen LogP contribution in [-0.2, 0) is 0 Å². The summed E-state index contributed by atoms with van der Waals surface area (Å²) in [6.07, 6.45) is 3.17. The molecule has 0 bridgehead atoms. The number of hydrogen-bond donors (Lipinski definition) is 3. The van der Waals surface area contributed by atoms with Crippen LogP contribution in [0.5, 0.6) is 0 Å². The fourth-order valence-electron chi connectivity index (χ4n) is 1.50. The Balaban J connectivity index is 2.18. The maximum atomic E-state index is 10.7. The Labute approximate surface area is 92.4 Å². The van der Waals surface area contributed by atoms with E-state index in [9.17, 15) is 4.79 Å². The molecule has 2 rings (SSSR count). The van der Waals surface area contributed by atoms with Crippen molar-refractivity contribution < 1.29 is 15.0 Å². The normalized spacial score (nSPS) is 16.9. The highest BCUT2D eigenvalue weighted by Gasteiger charge is 2.42. The highest BCUT2D eigenvalue weighted by Crippen LogP contribution is 2.37. The third-order valence-corrected chi connectivity index (χ3v) is 2.70. The molecule has 1 aromatic rings. The molecule has 0 aromatic carbocycles. The Bertz CT molecular complexity index is 429. The molecule has 0 atom stereocenters. The van der Waals surface area contributed by atoms with E-state index in [0.717, 1.165) is 12.8 Å². The van der Waals surface area contributed by atoms with Crippen molar-refractivity contribution in [1.29, 1.82) is 0 Å². The van der Waals surface area contributed by atoms with Crippen LogP contribution >= 0.6 is 0 Å². The van der Waals surface area contributed by atoms with Crippen LogP contribution in [0.1, 0.15) is 29.0 Å². The second kappa shape index (κ2) is 3.71. The van der Waals surface area contributed by atoms with Crippen molar-refractivity contribution >= 4 is 11.8 Å². The first-order valence-electron chi connectivity index (χ1n) is 5.02. The minimum atomic E-state index is -1.08. The number of aromatic nitrogens is 2. The van der Waals surface area contributed by atoms with Crippen molar-refractivity contribution in [2.45, 2.75) is 25.3 Å². The maximum Gasteiger partial charge on any atom is 0.356 e. The second-order valence-electron chi connectivity index (χ2n) is 4.06. The van der Waals surface area contributed by atoms with Crippen LogP contribution in [0.2, 0.25) is 0 Å². The van der Waals surface area contributed by atoms with Gasteiger partial charge >= 0.3 is 5.97 Å². The van der Waals surface area contributed by atoms with Gasteiger partial charge in [-0.1, -0.05) is 0 Å². The average molecular weight is 223 g/mol. The van der Waals surface area contributed by atoms with Gasteiger partial charge < -0.3 is 15.5 Å². The first-order valence-corrected chi connectivity index (χ1v) is 5.02. The summed E-state index contributed by atoms with van der Waals surface area (Å²) in [5, 5.41) is 21.0. The molecule has 3 N–H and O–H groups in total. The van der Waals surface area contributed by atoms with Crippen LogP contribution < -0.4 is 5.32 Å². The molecule has 0 spiro atoms. The minimum absolute atomic E-state index is 0.0422. The van der Waals surface area contributed by atoms with E-state index in [1.54, 1.807) is 6.92 Å². The molecule has 0 unspecified atom stereocenters. The summed E-state index contributed by atoms with van der Waals surface area (Å²) in [5.74, 6) is -0.575. The van der Waals surface area contributed by atoms with E-state index in [1.165, 1.54) is 6.20 Å². The second-order valence-corrected chi connectivity index (χ2v) is 4.06. The number of carbonyl (C=O) groups is 1. The molecular weight excluding hydrogens is 210 g/mol. The number of rotatable bonds is 4. The molecule has 6 heteroatoms. The summed E-state index contributed by atoms with van der Waals surface area (Å²) in [5.41, 5.74) is 0.0527. The smallest absolute Gasteiger partial charge is 0.356 e. The molecule has 16 heavy (non-hydrogen) atoms. The number of anilines is 1. The summed E-state index contributed by atoms with van der Waals surface area (Å²) in [7, 11) is 0. The standard InChI is InChI=1S/C10H13N3O3/c1-6-8(9(15)16)11-4-7(12-6)13-10(5-14)2-3-10/h4,14H,2-3,5H2,1H3,(H,12,13)(H,15,16). The molecule has 86 valence electrons. The molecule has 0 saturated heterocycles. The number of carboxylic acids is 1. The van der Waals surface area contributed by atoms with Gasteiger partial charge in [-0.05, 0) is 19.8 Å². The number of aryl methyl sites for hydroxylation is 1. The Morgan fingerprint density at radius 2 is 2.31 bits per heavy atom. The van der Waals surface area contributed by atoms with Crippen molar-refractivity contribution in [3.8, 4) is 0 Å². The Hall–Kier alpha value is -1.69. The molecule has 1 aromatic heterocycles. The van der Waals surface area contributed by atoms with Crippen LogP contribution in [0.25, 0.3) is 0 Å². The van der Waals surface area contributed by atoms with Crippen LogP contribution in [0.15, 0.2) is 6.20 Å². The molecule has 1 aliphatic carbocycles. The van der Waals surface area contributed by atoms with E-state index in [-0.39, 0.29) is 17.8 Å². The zero-order valence-electron chi connectivity index (χ0n) is 8.90. The van der Waals surface area contributed by atoms with E-state index >= 15 is 0 Å².